The van der Waals surface area contributed by atoms with Gasteiger partial charge in [-0.05, 0) is 51.9 Å². The summed E-state index contributed by atoms with van der Waals surface area (Å²) in [6.07, 6.45) is 5.78. The van der Waals surface area contributed by atoms with E-state index in [1.165, 1.54) is 6.08 Å². The third-order valence-corrected chi connectivity index (χ3v) is 6.99. The SMILES string of the molecule is C=CC(=O)OCCOC(=O)CCBr.CC(C)/C=C/C(=O)OC(C)C.CCC(C(=O)OCCOC(=O)CCBr)C(C(C)C)C(C)C(=O)OC(C)C.O=C=O.O=C=O. The zero-order chi connectivity index (χ0) is 44.6. The molecule has 0 aliphatic rings. The van der Waals surface area contributed by atoms with Crippen molar-refractivity contribution in [3.63, 3.8) is 0 Å². The minimum Gasteiger partial charge on any atom is -0.463 e. The maximum atomic E-state index is 12.5. The first-order valence-corrected chi connectivity index (χ1v) is 19.9. The molecule has 3 unspecified atom stereocenters. The van der Waals surface area contributed by atoms with E-state index in [9.17, 15) is 28.8 Å². The first-order valence-electron chi connectivity index (χ1n) is 17.7. The monoisotopic (exact) mass is 930 g/mol. The molecule has 0 bridgehead atoms. The van der Waals surface area contributed by atoms with Crippen LogP contribution < -0.4 is 0 Å². The lowest BCUT2D eigenvalue weighted by Gasteiger charge is -2.32. The molecule has 322 valence electrons. The van der Waals surface area contributed by atoms with Crippen LogP contribution in [-0.2, 0) is 76.4 Å². The molecule has 0 aromatic carbocycles. The van der Waals surface area contributed by atoms with Gasteiger partial charge in [0.15, 0.2) is 0 Å². The second-order valence-corrected chi connectivity index (χ2v) is 13.8. The number of alkyl halides is 2. The smallest absolute Gasteiger partial charge is 0.373 e. The number of rotatable bonds is 21. The molecule has 0 fully saturated rings. The van der Waals surface area contributed by atoms with Crippen LogP contribution in [0.5, 0.6) is 0 Å². The molecule has 0 saturated carbocycles. The highest BCUT2D eigenvalue weighted by Crippen LogP contribution is 2.33. The van der Waals surface area contributed by atoms with Crippen molar-refractivity contribution in [3.05, 3.63) is 24.8 Å². The van der Waals surface area contributed by atoms with Crippen molar-refractivity contribution < 1.29 is 76.4 Å². The standard InChI is InChI=1S/C19H33BrO6.C9H16O2.C8H11BrO4.2CO2/c1-7-15(19(23)25-11-10-24-16(21)8-9-20)17(12(2)3)14(6)18(22)26-13(4)5;1-7(2)5-6-9(10)11-8(3)4;1-2-7(10)12-5-6-13-8(11)3-4-9;2*2-1-3/h12-15,17H,7-11H2,1-6H3;5-8H,1-4H3;2H,1,3-6H2;;/b;6-5+;;;. The van der Waals surface area contributed by atoms with Gasteiger partial charge in [-0.3, -0.25) is 19.2 Å². The number of carbonyl (C=O) groups is 6. The van der Waals surface area contributed by atoms with Crippen LogP contribution in [0, 0.1) is 29.6 Å². The van der Waals surface area contributed by atoms with Crippen molar-refractivity contribution in [1.82, 2.24) is 0 Å². The lowest BCUT2D eigenvalue weighted by atomic mass is 9.74. The molecule has 0 aliphatic carbocycles. The van der Waals surface area contributed by atoms with Gasteiger partial charge in [0.25, 0.3) is 0 Å². The minimum absolute atomic E-state index is 0.0129. The van der Waals surface area contributed by atoms with Crippen LogP contribution in [0.1, 0.15) is 88.5 Å². The minimum atomic E-state index is -0.517. The summed E-state index contributed by atoms with van der Waals surface area (Å²) >= 11 is 6.25. The Hall–Kier alpha value is -3.98. The molecule has 0 heterocycles. The Bertz CT molecular complexity index is 1190. The fraction of sp³-hybridized carbons (Fsp3) is 0.684. The summed E-state index contributed by atoms with van der Waals surface area (Å²) < 4.78 is 29.7. The van der Waals surface area contributed by atoms with Gasteiger partial charge in [-0.15, -0.1) is 0 Å². The summed E-state index contributed by atoms with van der Waals surface area (Å²) in [5.74, 6) is -2.59. The van der Waals surface area contributed by atoms with Crippen LogP contribution in [0.3, 0.4) is 0 Å². The van der Waals surface area contributed by atoms with Gasteiger partial charge in [-0.25, -0.2) is 9.59 Å². The Labute approximate surface area is 347 Å². The maximum absolute atomic E-state index is 12.5. The van der Waals surface area contributed by atoms with Crippen molar-refractivity contribution in [2.45, 2.75) is 101 Å². The van der Waals surface area contributed by atoms with E-state index < -0.39 is 17.8 Å². The Morgan fingerprint density at radius 3 is 1.38 bits per heavy atom. The van der Waals surface area contributed by atoms with Crippen LogP contribution in [-0.4, -0.2) is 97.4 Å². The van der Waals surface area contributed by atoms with Gasteiger partial charge in [0.2, 0.25) is 0 Å². The van der Waals surface area contributed by atoms with E-state index in [1.807, 2.05) is 54.5 Å². The summed E-state index contributed by atoms with van der Waals surface area (Å²) in [6, 6.07) is 0. The molecule has 16 nitrogen and oxygen atoms in total. The van der Waals surface area contributed by atoms with Gasteiger partial charge in [0.1, 0.15) is 26.4 Å². The molecule has 0 spiro atoms. The van der Waals surface area contributed by atoms with E-state index in [0.717, 1.165) is 6.08 Å². The predicted octanol–water partition coefficient (Wildman–Crippen LogP) is 5.77. The van der Waals surface area contributed by atoms with E-state index in [0.29, 0.717) is 29.4 Å². The Balaban J connectivity index is -0.000000240. The zero-order valence-corrected chi connectivity index (χ0v) is 37.3. The number of esters is 6. The second kappa shape index (κ2) is 42.2. The highest BCUT2D eigenvalue weighted by molar-refractivity contribution is 9.09. The third-order valence-electron chi connectivity index (χ3n) is 6.19. The molecule has 0 amide bonds. The fourth-order valence-electron chi connectivity index (χ4n) is 4.09. The highest BCUT2D eigenvalue weighted by Gasteiger charge is 2.38. The summed E-state index contributed by atoms with van der Waals surface area (Å²) in [6.45, 7) is 22.4. The summed E-state index contributed by atoms with van der Waals surface area (Å²) in [7, 11) is 0. The quantitative estimate of drug-likeness (QED) is 0.0438. The second-order valence-electron chi connectivity index (χ2n) is 12.2. The summed E-state index contributed by atoms with van der Waals surface area (Å²) in [4.78, 5) is 101. The molecule has 0 N–H and O–H groups in total. The van der Waals surface area contributed by atoms with Gasteiger partial charge in [0, 0.05) is 22.8 Å². The van der Waals surface area contributed by atoms with Crippen molar-refractivity contribution in [1.29, 1.82) is 0 Å². The van der Waals surface area contributed by atoms with Crippen LogP contribution >= 0.6 is 31.9 Å². The lowest BCUT2D eigenvalue weighted by Crippen LogP contribution is -2.38. The summed E-state index contributed by atoms with van der Waals surface area (Å²) in [5.41, 5.74) is 0. The molecule has 56 heavy (non-hydrogen) atoms. The van der Waals surface area contributed by atoms with Gasteiger partial charge in [0.05, 0.1) is 36.9 Å². The van der Waals surface area contributed by atoms with Gasteiger partial charge in [-0.1, -0.05) is 86.1 Å². The van der Waals surface area contributed by atoms with Crippen LogP contribution in [0.4, 0.5) is 0 Å². The topological polar surface area (TPSA) is 226 Å². The fourth-order valence-corrected chi connectivity index (χ4v) is 4.73. The number of hydrogen-bond acceptors (Lipinski definition) is 16. The Morgan fingerprint density at radius 2 is 1.04 bits per heavy atom. The molecular weight excluding hydrogens is 872 g/mol. The zero-order valence-electron chi connectivity index (χ0n) is 34.1. The number of halogens is 2. The van der Waals surface area contributed by atoms with E-state index in [-0.39, 0.29) is 99.0 Å². The number of allylic oxidation sites excluding steroid dienone is 1. The predicted molar refractivity (Wildman–Crippen MR) is 209 cm³/mol. The van der Waals surface area contributed by atoms with Crippen LogP contribution in [0.2, 0.25) is 0 Å². The van der Waals surface area contributed by atoms with Gasteiger partial charge >= 0.3 is 48.1 Å². The molecule has 0 saturated heterocycles. The molecule has 3 atom stereocenters. The van der Waals surface area contributed by atoms with E-state index in [2.05, 4.69) is 43.2 Å². The molecule has 0 rings (SSSR count). The molecule has 18 heteroatoms. The Kier molecular flexibility index (Phi) is 46.1. The van der Waals surface area contributed by atoms with Crippen LogP contribution in [0.25, 0.3) is 0 Å². The van der Waals surface area contributed by atoms with E-state index >= 15 is 0 Å². The number of hydrogen-bond donors (Lipinski definition) is 0. The highest BCUT2D eigenvalue weighted by atomic mass is 79.9. The molecule has 0 aromatic heterocycles. The molecule has 0 aromatic rings. The largest absolute Gasteiger partial charge is 0.463 e. The first kappa shape index (κ1) is 61.2. The lowest BCUT2D eigenvalue weighted by molar-refractivity contribution is -0.193. The number of ether oxygens (including phenoxy) is 6. The van der Waals surface area contributed by atoms with Crippen molar-refractivity contribution in [2.24, 2.45) is 29.6 Å². The average Bonchev–Trinajstić information content (AvgIpc) is 3.10. The van der Waals surface area contributed by atoms with Crippen molar-refractivity contribution in [2.75, 3.05) is 37.1 Å². The first-order chi connectivity index (χ1) is 26.2. The molecular formula is C38H60Br2O16. The normalized spacial score (nSPS) is 11.4. The van der Waals surface area contributed by atoms with E-state index in [4.69, 9.17) is 42.9 Å². The molecule has 0 aliphatic heterocycles. The maximum Gasteiger partial charge on any atom is 0.373 e. The van der Waals surface area contributed by atoms with E-state index in [1.54, 1.807) is 20.8 Å². The summed E-state index contributed by atoms with van der Waals surface area (Å²) in [5, 5.41) is 1.10. The molecule has 0 radical (unpaired) electrons. The Morgan fingerprint density at radius 1 is 0.625 bits per heavy atom. The van der Waals surface area contributed by atoms with Crippen molar-refractivity contribution >= 4 is 80.0 Å². The van der Waals surface area contributed by atoms with Gasteiger partial charge in [-0.2, -0.15) is 19.2 Å². The van der Waals surface area contributed by atoms with Gasteiger partial charge < -0.3 is 28.4 Å². The number of carbonyl (C=O) groups excluding carboxylic acids is 10. The van der Waals surface area contributed by atoms with Crippen LogP contribution in [0.15, 0.2) is 24.8 Å². The third kappa shape index (κ3) is 42.8. The van der Waals surface area contributed by atoms with Crippen molar-refractivity contribution in [3.8, 4) is 0 Å². The average molecular weight is 933 g/mol.